The highest BCUT2D eigenvalue weighted by Gasteiger charge is 2.63. The number of ether oxygens (including phenoxy) is 1. The molecule has 2 saturated heterocycles. The smallest absolute Gasteiger partial charge is 0.239 e. The Morgan fingerprint density at radius 2 is 2.16 bits per heavy atom. The first-order valence-electron chi connectivity index (χ1n) is 9.00. The fourth-order valence-electron chi connectivity index (χ4n) is 5.67. The molecule has 0 aliphatic carbocycles. The minimum absolute atomic E-state index is 0.0678. The summed E-state index contributed by atoms with van der Waals surface area (Å²) in [7, 11) is 1.87. The van der Waals surface area contributed by atoms with E-state index in [4.69, 9.17) is 4.74 Å². The molecule has 5 heteroatoms. The van der Waals surface area contributed by atoms with Crippen molar-refractivity contribution in [3.8, 4) is 0 Å². The summed E-state index contributed by atoms with van der Waals surface area (Å²) in [6.45, 7) is 2.23. The van der Waals surface area contributed by atoms with Gasteiger partial charge in [-0.25, -0.2) is 0 Å². The number of hydrogen-bond acceptors (Lipinski definition) is 4. The van der Waals surface area contributed by atoms with Gasteiger partial charge in [-0.1, -0.05) is 18.2 Å². The number of likely N-dealkylation sites (N-methyl/N-ethyl adjacent to an activating group) is 1. The molecule has 0 saturated carbocycles. The van der Waals surface area contributed by atoms with Crippen molar-refractivity contribution in [1.82, 2.24) is 5.32 Å². The van der Waals surface area contributed by atoms with E-state index in [-0.39, 0.29) is 35.6 Å². The van der Waals surface area contributed by atoms with Crippen molar-refractivity contribution in [3.63, 3.8) is 0 Å². The molecule has 25 heavy (non-hydrogen) atoms. The number of rotatable bonds is 1. The second kappa shape index (κ2) is 4.94. The number of para-hydroxylation sites is 1. The summed E-state index contributed by atoms with van der Waals surface area (Å²) in [6.07, 6.45) is 3.24. The van der Waals surface area contributed by atoms with E-state index in [0.29, 0.717) is 6.61 Å². The van der Waals surface area contributed by atoms with Gasteiger partial charge in [0.1, 0.15) is 0 Å². The number of carbonyl (C=O) groups excluding carboxylic acids is 2. The summed E-state index contributed by atoms with van der Waals surface area (Å²) >= 11 is 0. The Morgan fingerprint density at radius 3 is 2.96 bits per heavy atom. The fraction of sp³-hybridized carbons (Fsp3) is 0.500. The van der Waals surface area contributed by atoms with E-state index in [9.17, 15) is 9.59 Å². The Morgan fingerprint density at radius 1 is 1.36 bits per heavy atom. The third-order valence-electron chi connectivity index (χ3n) is 6.81. The maximum atomic E-state index is 13.3. The van der Waals surface area contributed by atoms with Crippen LogP contribution in [0, 0.1) is 11.8 Å². The summed E-state index contributed by atoms with van der Waals surface area (Å²) in [5.74, 6) is 0.708. The molecule has 0 radical (unpaired) electrons. The zero-order valence-corrected chi connectivity index (χ0v) is 14.5. The molecule has 0 unspecified atom stereocenters. The molecule has 5 rings (SSSR count). The molecule has 1 amide bonds. The van der Waals surface area contributed by atoms with Crippen LogP contribution in [0.2, 0.25) is 0 Å². The van der Waals surface area contributed by atoms with Gasteiger partial charge in [0.15, 0.2) is 5.78 Å². The summed E-state index contributed by atoms with van der Waals surface area (Å²) in [4.78, 5) is 27.2. The largest absolute Gasteiger partial charge is 0.500 e. The number of ketones is 1. The van der Waals surface area contributed by atoms with Gasteiger partial charge in [0.05, 0.1) is 18.3 Å². The lowest BCUT2D eigenvalue weighted by Crippen LogP contribution is -2.53. The highest BCUT2D eigenvalue weighted by molar-refractivity contribution is 6.08. The number of amides is 1. The summed E-state index contributed by atoms with van der Waals surface area (Å²) < 4.78 is 5.61. The van der Waals surface area contributed by atoms with Crippen molar-refractivity contribution in [2.45, 2.75) is 37.3 Å². The van der Waals surface area contributed by atoms with E-state index in [2.05, 4.69) is 11.4 Å². The Kier molecular flexibility index (Phi) is 2.99. The lowest BCUT2D eigenvalue weighted by Gasteiger charge is -2.41. The first-order chi connectivity index (χ1) is 12.0. The van der Waals surface area contributed by atoms with E-state index >= 15 is 0 Å². The van der Waals surface area contributed by atoms with Gasteiger partial charge in [-0.15, -0.1) is 0 Å². The van der Waals surface area contributed by atoms with E-state index in [1.165, 1.54) is 0 Å². The Labute approximate surface area is 147 Å². The van der Waals surface area contributed by atoms with Gasteiger partial charge in [0.25, 0.3) is 0 Å². The SMILES string of the molecule is CC(=O)C1=COC[C@H]2[C@H]3C[C@@]4(C(=O)N(C)c5ccccc54)[C@@H](C[C@@H]12)N3. The molecule has 4 heterocycles. The van der Waals surface area contributed by atoms with Gasteiger partial charge in [-0.2, -0.15) is 0 Å². The Hall–Kier alpha value is -2.14. The zero-order valence-electron chi connectivity index (χ0n) is 14.5. The predicted molar refractivity (Wildman–Crippen MR) is 93.2 cm³/mol. The minimum Gasteiger partial charge on any atom is -0.500 e. The van der Waals surface area contributed by atoms with Crippen LogP contribution >= 0.6 is 0 Å². The molecule has 1 spiro atoms. The Balaban J connectivity index is 1.61. The molecular weight excluding hydrogens is 316 g/mol. The predicted octanol–water partition coefficient (Wildman–Crippen LogP) is 1.77. The molecule has 130 valence electrons. The van der Waals surface area contributed by atoms with E-state index in [0.717, 1.165) is 29.7 Å². The van der Waals surface area contributed by atoms with Gasteiger partial charge in [0, 0.05) is 36.3 Å². The number of benzene rings is 1. The number of nitrogens with zero attached hydrogens (tertiary/aromatic N) is 1. The average Bonchev–Trinajstić information content (AvgIpc) is 3.04. The maximum absolute atomic E-state index is 13.3. The van der Waals surface area contributed by atoms with Gasteiger partial charge in [-0.05, 0) is 37.3 Å². The lowest BCUT2D eigenvalue weighted by atomic mass is 9.72. The number of allylic oxidation sites excluding steroid dienone is 1. The zero-order chi connectivity index (χ0) is 17.3. The van der Waals surface area contributed by atoms with Gasteiger partial charge in [0.2, 0.25) is 5.91 Å². The van der Waals surface area contributed by atoms with Crippen molar-refractivity contribution >= 4 is 17.4 Å². The number of Topliss-reactive ketones (excluding diaryl/α,β-unsaturated/α-hetero) is 1. The van der Waals surface area contributed by atoms with Crippen LogP contribution < -0.4 is 10.2 Å². The molecule has 2 fully saturated rings. The number of carbonyl (C=O) groups is 2. The first-order valence-corrected chi connectivity index (χ1v) is 9.00. The standard InChI is InChI=1S/C20H22N2O3/c1-11(23)13-9-25-10-14-12(13)7-18-20(8-16(14)21-18)15-5-3-4-6-17(15)22(2)19(20)24/h3-6,9,12,14,16,18,21H,7-8,10H2,1-2H3/t12-,14+,16+,18+,20-/m0/s1. The van der Waals surface area contributed by atoms with Crippen LogP contribution in [0.4, 0.5) is 5.69 Å². The molecule has 4 aliphatic heterocycles. The number of hydrogen-bond donors (Lipinski definition) is 1. The first kappa shape index (κ1) is 15.1. The number of nitrogens with one attached hydrogen (secondary N) is 1. The quantitative estimate of drug-likeness (QED) is 0.848. The van der Waals surface area contributed by atoms with Crippen LogP contribution in [-0.2, 0) is 19.7 Å². The van der Waals surface area contributed by atoms with Crippen molar-refractivity contribution in [1.29, 1.82) is 0 Å². The monoisotopic (exact) mass is 338 g/mol. The van der Waals surface area contributed by atoms with Crippen LogP contribution in [0.1, 0.15) is 25.3 Å². The molecule has 1 aromatic rings. The van der Waals surface area contributed by atoms with Crippen molar-refractivity contribution in [2.24, 2.45) is 11.8 Å². The highest BCUT2D eigenvalue weighted by atomic mass is 16.5. The second-order valence-corrected chi connectivity index (χ2v) is 7.85. The number of fused-ring (bicyclic) bond motifs is 7. The normalized spacial score (nSPS) is 38.2. The minimum atomic E-state index is -0.505. The van der Waals surface area contributed by atoms with Gasteiger partial charge >= 0.3 is 0 Å². The third kappa shape index (κ3) is 1.77. The van der Waals surface area contributed by atoms with E-state index < -0.39 is 5.41 Å². The molecule has 5 atom stereocenters. The third-order valence-corrected chi connectivity index (χ3v) is 6.81. The van der Waals surface area contributed by atoms with E-state index in [1.807, 2.05) is 25.2 Å². The molecule has 5 nitrogen and oxygen atoms in total. The Bertz CT molecular complexity index is 817. The molecule has 4 aliphatic rings. The van der Waals surface area contributed by atoms with Crippen LogP contribution in [0.15, 0.2) is 36.1 Å². The van der Waals surface area contributed by atoms with Crippen molar-refractivity contribution in [2.75, 3.05) is 18.6 Å². The number of piperidine rings is 1. The van der Waals surface area contributed by atoms with Gasteiger partial charge < -0.3 is 15.0 Å². The molecule has 2 bridgehead atoms. The van der Waals surface area contributed by atoms with Crippen molar-refractivity contribution < 1.29 is 14.3 Å². The molecule has 1 N–H and O–H groups in total. The second-order valence-electron chi connectivity index (χ2n) is 7.85. The van der Waals surface area contributed by atoms with Crippen LogP contribution in [0.25, 0.3) is 0 Å². The fourth-order valence-corrected chi connectivity index (χ4v) is 5.67. The summed E-state index contributed by atoms with van der Waals surface area (Å²) in [6, 6.07) is 8.41. The summed E-state index contributed by atoms with van der Waals surface area (Å²) in [5, 5.41) is 3.71. The summed E-state index contributed by atoms with van der Waals surface area (Å²) in [5.41, 5.74) is 2.44. The van der Waals surface area contributed by atoms with Crippen LogP contribution in [0.5, 0.6) is 0 Å². The lowest BCUT2D eigenvalue weighted by molar-refractivity contribution is -0.123. The van der Waals surface area contributed by atoms with Crippen LogP contribution in [0.3, 0.4) is 0 Å². The van der Waals surface area contributed by atoms with Crippen LogP contribution in [-0.4, -0.2) is 37.4 Å². The molecule has 1 aromatic carbocycles. The van der Waals surface area contributed by atoms with E-state index in [1.54, 1.807) is 18.1 Å². The maximum Gasteiger partial charge on any atom is 0.239 e. The van der Waals surface area contributed by atoms with Gasteiger partial charge in [-0.3, -0.25) is 9.59 Å². The topological polar surface area (TPSA) is 58.6 Å². The average molecular weight is 338 g/mol. The number of anilines is 1. The van der Waals surface area contributed by atoms with Crippen molar-refractivity contribution in [3.05, 3.63) is 41.7 Å². The highest BCUT2D eigenvalue weighted by Crippen LogP contribution is 2.55. The molecule has 0 aromatic heterocycles. The molecular formula is C20H22N2O3.